The molecule has 0 saturated carbocycles. The van der Waals surface area contributed by atoms with Crippen molar-refractivity contribution in [1.82, 2.24) is 20.2 Å². The van der Waals surface area contributed by atoms with Crippen molar-refractivity contribution >= 4 is 17.5 Å². The van der Waals surface area contributed by atoms with Crippen LogP contribution in [0.1, 0.15) is 28.4 Å². The lowest BCUT2D eigenvalue weighted by molar-refractivity contribution is 0.101. The van der Waals surface area contributed by atoms with E-state index in [1.807, 2.05) is 32.0 Å². The fourth-order valence-corrected chi connectivity index (χ4v) is 3.58. The third kappa shape index (κ3) is 4.98. The number of benzene rings is 2. The molecule has 0 radical (unpaired) electrons. The van der Waals surface area contributed by atoms with Crippen LogP contribution in [0.2, 0.25) is 0 Å². The van der Waals surface area contributed by atoms with E-state index in [0.717, 1.165) is 16.8 Å². The molecule has 1 atom stereocenters. The van der Waals surface area contributed by atoms with Gasteiger partial charge < -0.3 is 14.6 Å². The summed E-state index contributed by atoms with van der Waals surface area (Å²) in [5.74, 6) is 1.20. The number of carbonyl (C=O) groups is 1. The number of carbonyl (C=O) groups excluding carboxylic acids is 1. The molecule has 30 heavy (non-hydrogen) atoms. The van der Waals surface area contributed by atoms with E-state index in [1.165, 1.54) is 25.8 Å². The average molecular weight is 429 g/mol. The molecule has 0 amide bonds. The van der Waals surface area contributed by atoms with Crippen LogP contribution in [0, 0.1) is 13.8 Å². The molecule has 1 N–H and O–H groups in total. The van der Waals surface area contributed by atoms with Crippen molar-refractivity contribution in [1.29, 1.82) is 0 Å². The van der Waals surface area contributed by atoms with Gasteiger partial charge in [0.25, 0.3) is 0 Å². The summed E-state index contributed by atoms with van der Waals surface area (Å²) < 4.78 is 12.6. The first-order valence-corrected chi connectivity index (χ1v) is 10.4. The summed E-state index contributed by atoms with van der Waals surface area (Å²) in [5, 5.41) is 22.9. The second-order valence-corrected chi connectivity index (χ2v) is 7.78. The minimum atomic E-state index is -0.754. The Labute approximate surface area is 179 Å². The number of thioether (sulfide) groups is 1. The number of tetrazole rings is 1. The highest BCUT2D eigenvalue weighted by molar-refractivity contribution is 7.99. The number of aliphatic hydroxyl groups excluding tert-OH is 1. The predicted molar refractivity (Wildman–Crippen MR) is 114 cm³/mol. The van der Waals surface area contributed by atoms with Gasteiger partial charge in [-0.1, -0.05) is 23.9 Å². The van der Waals surface area contributed by atoms with Gasteiger partial charge in [0, 0.05) is 11.3 Å². The fraction of sp³-hybridized carbons (Fsp3) is 0.333. The number of aliphatic hydroxyl groups is 1. The van der Waals surface area contributed by atoms with Gasteiger partial charge in [0.2, 0.25) is 5.16 Å². The molecule has 1 aromatic heterocycles. The highest BCUT2D eigenvalue weighted by Gasteiger charge is 2.16. The lowest BCUT2D eigenvalue weighted by Crippen LogP contribution is -2.20. The van der Waals surface area contributed by atoms with E-state index in [1.54, 1.807) is 22.9 Å². The van der Waals surface area contributed by atoms with Gasteiger partial charge in [0.1, 0.15) is 6.61 Å². The highest BCUT2D eigenvalue weighted by atomic mass is 32.2. The molecule has 0 aliphatic heterocycles. The molecule has 0 bridgehead atoms. The summed E-state index contributed by atoms with van der Waals surface area (Å²) in [6, 6.07) is 10.9. The molecule has 3 aromatic rings. The smallest absolute Gasteiger partial charge is 0.214 e. The number of ketones is 1. The quantitative estimate of drug-likeness (QED) is 0.410. The standard InChI is InChI=1S/C21H24N4O4S/c1-13-6-5-7-18(14(13)2)25-21(22-23-24-25)30-12-17(27)11-29-19-9-8-16(15(3)26)10-20(19)28-4/h5-10,17,27H,11-12H2,1-4H3. The average Bonchev–Trinajstić information content (AvgIpc) is 3.20. The van der Waals surface area contributed by atoms with E-state index in [0.29, 0.717) is 28.0 Å². The van der Waals surface area contributed by atoms with Crippen LogP contribution in [-0.4, -0.2) is 56.7 Å². The summed E-state index contributed by atoms with van der Waals surface area (Å²) in [6.07, 6.45) is -0.754. The van der Waals surface area contributed by atoms with E-state index in [2.05, 4.69) is 15.5 Å². The van der Waals surface area contributed by atoms with E-state index in [4.69, 9.17) is 9.47 Å². The normalized spacial score (nSPS) is 11.9. The van der Waals surface area contributed by atoms with Crippen molar-refractivity contribution in [3.05, 3.63) is 53.1 Å². The Morgan fingerprint density at radius 3 is 2.77 bits per heavy atom. The van der Waals surface area contributed by atoms with E-state index in [9.17, 15) is 9.90 Å². The Morgan fingerprint density at radius 1 is 1.23 bits per heavy atom. The Kier molecular flexibility index (Phi) is 7.07. The number of hydrogen-bond donors (Lipinski definition) is 1. The Morgan fingerprint density at radius 2 is 2.03 bits per heavy atom. The summed E-state index contributed by atoms with van der Waals surface area (Å²) in [6.45, 7) is 5.61. The molecule has 0 aliphatic rings. The molecule has 0 aliphatic carbocycles. The molecular weight excluding hydrogens is 404 g/mol. The van der Waals surface area contributed by atoms with E-state index in [-0.39, 0.29) is 12.4 Å². The maximum atomic E-state index is 11.5. The topological polar surface area (TPSA) is 99.4 Å². The first kappa shape index (κ1) is 21.8. The predicted octanol–water partition coefficient (Wildman–Crippen LogP) is 3.02. The molecule has 158 valence electrons. The molecule has 3 rings (SSSR count). The first-order valence-electron chi connectivity index (χ1n) is 9.38. The lowest BCUT2D eigenvalue weighted by Gasteiger charge is -2.15. The zero-order valence-electron chi connectivity index (χ0n) is 17.3. The summed E-state index contributed by atoms with van der Waals surface area (Å²) in [4.78, 5) is 11.5. The van der Waals surface area contributed by atoms with Crippen molar-refractivity contribution in [2.24, 2.45) is 0 Å². The van der Waals surface area contributed by atoms with Gasteiger partial charge in [-0.3, -0.25) is 4.79 Å². The minimum Gasteiger partial charge on any atom is -0.493 e. The lowest BCUT2D eigenvalue weighted by atomic mass is 10.1. The molecule has 0 fully saturated rings. The van der Waals surface area contributed by atoms with Crippen LogP contribution in [-0.2, 0) is 0 Å². The van der Waals surface area contributed by atoms with Crippen LogP contribution in [0.3, 0.4) is 0 Å². The number of nitrogens with zero attached hydrogens (tertiary/aromatic N) is 4. The molecular formula is C21H24N4O4S. The van der Waals surface area contributed by atoms with Gasteiger partial charge in [0.15, 0.2) is 17.3 Å². The molecule has 0 saturated heterocycles. The number of aromatic nitrogens is 4. The number of Topliss-reactive ketones (excluding diaryl/α,β-unsaturated/α-hetero) is 1. The number of hydrogen-bond acceptors (Lipinski definition) is 8. The molecule has 1 unspecified atom stereocenters. The number of aryl methyl sites for hydroxylation is 1. The monoisotopic (exact) mass is 428 g/mol. The molecule has 8 nitrogen and oxygen atoms in total. The third-order valence-corrected chi connectivity index (χ3v) is 5.72. The Bertz CT molecular complexity index is 1040. The maximum absolute atomic E-state index is 11.5. The highest BCUT2D eigenvalue weighted by Crippen LogP contribution is 2.29. The second kappa shape index (κ2) is 9.73. The van der Waals surface area contributed by atoms with Crippen molar-refractivity contribution in [3.8, 4) is 17.2 Å². The van der Waals surface area contributed by atoms with Crippen LogP contribution in [0.5, 0.6) is 11.5 Å². The Balaban J connectivity index is 1.61. The van der Waals surface area contributed by atoms with Crippen molar-refractivity contribution in [3.63, 3.8) is 0 Å². The van der Waals surface area contributed by atoms with Gasteiger partial charge in [-0.05, 0) is 66.6 Å². The maximum Gasteiger partial charge on any atom is 0.214 e. The Hall–Kier alpha value is -2.91. The second-order valence-electron chi connectivity index (χ2n) is 6.79. The van der Waals surface area contributed by atoms with Crippen LogP contribution in [0.25, 0.3) is 5.69 Å². The van der Waals surface area contributed by atoms with E-state index < -0.39 is 6.10 Å². The van der Waals surface area contributed by atoms with Gasteiger partial charge >= 0.3 is 0 Å². The third-order valence-electron chi connectivity index (χ3n) is 4.65. The van der Waals surface area contributed by atoms with Crippen molar-refractivity contribution < 1.29 is 19.4 Å². The van der Waals surface area contributed by atoms with Gasteiger partial charge in [-0.15, -0.1) is 5.10 Å². The van der Waals surface area contributed by atoms with Crippen LogP contribution in [0.15, 0.2) is 41.6 Å². The zero-order chi connectivity index (χ0) is 21.7. The van der Waals surface area contributed by atoms with Crippen LogP contribution >= 0.6 is 11.8 Å². The van der Waals surface area contributed by atoms with Gasteiger partial charge in [0.05, 0.1) is 18.9 Å². The minimum absolute atomic E-state index is 0.0575. The molecule has 1 heterocycles. The van der Waals surface area contributed by atoms with E-state index >= 15 is 0 Å². The van der Waals surface area contributed by atoms with Gasteiger partial charge in [-0.2, -0.15) is 4.68 Å². The van der Waals surface area contributed by atoms with Crippen LogP contribution < -0.4 is 9.47 Å². The van der Waals surface area contributed by atoms with Gasteiger partial charge in [-0.25, -0.2) is 0 Å². The number of rotatable bonds is 9. The van der Waals surface area contributed by atoms with Crippen molar-refractivity contribution in [2.45, 2.75) is 32.0 Å². The largest absolute Gasteiger partial charge is 0.493 e. The summed E-state index contributed by atoms with van der Waals surface area (Å²) in [5.41, 5.74) is 3.69. The summed E-state index contributed by atoms with van der Waals surface area (Å²) in [7, 11) is 1.51. The van der Waals surface area contributed by atoms with Crippen LogP contribution in [0.4, 0.5) is 0 Å². The summed E-state index contributed by atoms with van der Waals surface area (Å²) >= 11 is 1.34. The fourth-order valence-electron chi connectivity index (χ4n) is 2.80. The first-order chi connectivity index (χ1) is 14.4. The molecule has 9 heteroatoms. The SMILES string of the molecule is COc1cc(C(C)=O)ccc1OCC(O)CSc1nnnn1-c1cccc(C)c1C. The molecule has 2 aromatic carbocycles. The number of ether oxygens (including phenoxy) is 2. The number of methoxy groups -OCH3 is 1. The molecule has 0 spiro atoms. The zero-order valence-corrected chi connectivity index (χ0v) is 18.1. The van der Waals surface area contributed by atoms with Crippen molar-refractivity contribution in [2.75, 3.05) is 19.5 Å².